The molecule has 2 aliphatic heterocycles. The molecule has 0 spiro atoms. The summed E-state index contributed by atoms with van der Waals surface area (Å²) in [4.78, 5) is 22.9. The first-order valence-corrected chi connectivity index (χ1v) is 8.11. The standard InChI is InChI=1S/C13H14N2O7S/c16-13-4-6(7-5-21-12(13)22-7)10(14(17)18)9(11(13)15(19)20)8-2-1-3-23-8/h1-3,6-7,9-12,16H,4-5H2/t6-,7+,9?,10?,11?,12+,13+/m0/s1. The zero-order chi connectivity index (χ0) is 16.4. The van der Waals surface area contributed by atoms with E-state index in [9.17, 15) is 25.3 Å². The molecular formula is C13H14N2O7S. The maximum Gasteiger partial charge on any atom is 0.260 e. The second kappa shape index (κ2) is 4.94. The molecule has 2 saturated heterocycles. The number of nitro groups is 2. The molecule has 3 fully saturated rings. The van der Waals surface area contributed by atoms with Crippen LogP contribution in [0.25, 0.3) is 0 Å². The van der Waals surface area contributed by atoms with Gasteiger partial charge < -0.3 is 14.6 Å². The van der Waals surface area contributed by atoms with Crippen LogP contribution in [0.2, 0.25) is 0 Å². The SMILES string of the molecule is O=[N+]([O-])C1C(c2cccs2)C([N+](=O)[O-])[C@]2(O)C[C@H]1[C@H]1CO[C@@H]2O1. The van der Waals surface area contributed by atoms with Gasteiger partial charge in [0, 0.05) is 14.7 Å². The summed E-state index contributed by atoms with van der Waals surface area (Å²) in [6, 6.07) is 0.620. The third-order valence-electron chi connectivity index (χ3n) is 5.16. The Hall–Kier alpha value is -1.62. The minimum atomic E-state index is -1.86. The number of hydrogen-bond acceptors (Lipinski definition) is 8. The molecule has 1 saturated carbocycles. The van der Waals surface area contributed by atoms with Crippen molar-refractivity contribution in [3.05, 3.63) is 42.6 Å². The van der Waals surface area contributed by atoms with Crippen molar-refractivity contribution in [2.45, 2.75) is 42.4 Å². The smallest absolute Gasteiger partial charge is 0.260 e. The summed E-state index contributed by atoms with van der Waals surface area (Å²) < 4.78 is 10.9. The fourth-order valence-corrected chi connectivity index (χ4v) is 5.18. The van der Waals surface area contributed by atoms with Crippen molar-refractivity contribution in [1.82, 2.24) is 0 Å². The molecule has 1 N–H and O–H groups in total. The van der Waals surface area contributed by atoms with Gasteiger partial charge in [0.05, 0.1) is 18.6 Å². The average molecular weight is 342 g/mol. The molecule has 10 heteroatoms. The third-order valence-corrected chi connectivity index (χ3v) is 6.13. The van der Waals surface area contributed by atoms with Crippen molar-refractivity contribution in [3.63, 3.8) is 0 Å². The highest BCUT2D eigenvalue weighted by Gasteiger charge is 2.73. The molecule has 0 aromatic carbocycles. The van der Waals surface area contributed by atoms with Gasteiger partial charge in [-0.3, -0.25) is 20.2 Å². The Morgan fingerprint density at radius 2 is 2.13 bits per heavy atom. The Morgan fingerprint density at radius 1 is 1.35 bits per heavy atom. The fraction of sp³-hybridized carbons (Fsp3) is 0.692. The van der Waals surface area contributed by atoms with Gasteiger partial charge in [-0.05, 0) is 17.9 Å². The molecule has 3 unspecified atom stereocenters. The number of nitrogens with zero attached hydrogens (tertiary/aromatic N) is 2. The quantitative estimate of drug-likeness (QED) is 0.631. The van der Waals surface area contributed by atoms with Gasteiger partial charge in [-0.1, -0.05) is 6.07 Å². The van der Waals surface area contributed by atoms with E-state index in [0.717, 1.165) is 0 Å². The number of ether oxygens (including phenoxy) is 2. The summed E-state index contributed by atoms with van der Waals surface area (Å²) in [5.74, 6) is -1.61. The van der Waals surface area contributed by atoms with Crippen LogP contribution in [-0.4, -0.2) is 51.6 Å². The lowest BCUT2D eigenvalue weighted by atomic mass is 9.63. The molecule has 3 aliphatic rings. The van der Waals surface area contributed by atoms with E-state index in [-0.39, 0.29) is 13.0 Å². The van der Waals surface area contributed by atoms with Crippen LogP contribution in [0.4, 0.5) is 0 Å². The van der Waals surface area contributed by atoms with Crippen LogP contribution < -0.4 is 0 Å². The van der Waals surface area contributed by atoms with E-state index in [4.69, 9.17) is 9.47 Å². The van der Waals surface area contributed by atoms with Gasteiger partial charge in [-0.15, -0.1) is 11.3 Å². The minimum absolute atomic E-state index is 0.0541. The Bertz CT molecular complexity index is 653. The molecule has 0 radical (unpaired) electrons. The normalized spacial score (nSPS) is 44.9. The molecule has 3 heterocycles. The van der Waals surface area contributed by atoms with Crippen molar-refractivity contribution < 1.29 is 24.4 Å². The predicted octanol–water partition coefficient (Wildman–Crippen LogP) is 0.628. The van der Waals surface area contributed by atoms with Crippen LogP contribution >= 0.6 is 11.3 Å². The molecule has 1 aromatic heterocycles. The van der Waals surface area contributed by atoms with Crippen LogP contribution in [0.5, 0.6) is 0 Å². The molecule has 4 bridgehead atoms. The van der Waals surface area contributed by atoms with Gasteiger partial charge in [-0.25, -0.2) is 0 Å². The van der Waals surface area contributed by atoms with Crippen molar-refractivity contribution in [1.29, 1.82) is 0 Å². The zero-order valence-corrected chi connectivity index (χ0v) is 12.6. The second-order valence-corrected chi connectivity index (χ2v) is 7.23. The van der Waals surface area contributed by atoms with Crippen LogP contribution in [0, 0.1) is 26.1 Å². The highest BCUT2D eigenvalue weighted by atomic mass is 32.1. The van der Waals surface area contributed by atoms with E-state index in [1.807, 2.05) is 0 Å². The van der Waals surface area contributed by atoms with Crippen LogP contribution in [0.1, 0.15) is 17.2 Å². The van der Waals surface area contributed by atoms with Gasteiger partial charge in [0.2, 0.25) is 6.04 Å². The Kier molecular flexibility index (Phi) is 3.21. The number of aliphatic hydroxyl groups is 1. The van der Waals surface area contributed by atoms with Crippen LogP contribution in [0.3, 0.4) is 0 Å². The van der Waals surface area contributed by atoms with E-state index < -0.39 is 51.8 Å². The lowest BCUT2D eigenvalue weighted by molar-refractivity contribution is -0.607. The molecule has 124 valence electrons. The van der Waals surface area contributed by atoms with Crippen molar-refractivity contribution >= 4 is 11.3 Å². The summed E-state index contributed by atoms with van der Waals surface area (Å²) in [7, 11) is 0. The number of thiophene rings is 1. The molecule has 23 heavy (non-hydrogen) atoms. The highest BCUT2D eigenvalue weighted by Crippen LogP contribution is 2.54. The molecule has 4 rings (SSSR count). The van der Waals surface area contributed by atoms with E-state index in [0.29, 0.717) is 4.88 Å². The lowest BCUT2D eigenvalue weighted by Gasteiger charge is -2.48. The molecule has 0 amide bonds. The van der Waals surface area contributed by atoms with Gasteiger partial charge in [-0.2, -0.15) is 0 Å². The summed E-state index contributed by atoms with van der Waals surface area (Å²) in [6.07, 6.45) is -1.67. The summed E-state index contributed by atoms with van der Waals surface area (Å²) >= 11 is 1.23. The predicted molar refractivity (Wildman–Crippen MR) is 76.3 cm³/mol. The second-order valence-electron chi connectivity index (χ2n) is 6.25. The molecule has 1 aromatic rings. The Balaban J connectivity index is 1.89. The van der Waals surface area contributed by atoms with Gasteiger partial charge in [0.25, 0.3) is 6.04 Å². The number of hydrogen-bond donors (Lipinski definition) is 1. The summed E-state index contributed by atoms with van der Waals surface area (Å²) in [5, 5.41) is 36.1. The Labute approximate surface area is 134 Å². The van der Waals surface area contributed by atoms with E-state index in [2.05, 4.69) is 0 Å². The largest absolute Gasteiger partial charge is 0.378 e. The molecular weight excluding hydrogens is 328 g/mol. The topological polar surface area (TPSA) is 125 Å². The lowest BCUT2D eigenvalue weighted by Crippen LogP contribution is -2.69. The fourth-order valence-electron chi connectivity index (χ4n) is 4.28. The van der Waals surface area contributed by atoms with Crippen molar-refractivity contribution in [2.24, 2.45) is 5.92 Å². The highest BCUT2D eigenvalue weighted by molar-refractivity contribution is 7.10. The first-order chi connectivity index (χ1) is 10.9. The number of rotatable bonds is 3. The van der Waals surface area contributed by atoms with Crippen molar-refractivity contribution in [2.75, 3.05) is 6.61 Å². The van der Waals surface area contributed by atoms with Crippen molar-refractivity contribution in [3.8, 4) is 0 Å². The minimum Gasteiger partial charge on any atom is -0.378 e. The maximum absolute atomic E-state index is 11.7. The van der Waals surface area contributed by atoms with Gasteiger partial charge in [0.15, 0.2) is 11.9 Å². The zero-order valence-electron chi connectivity index (χ0n) is 11.8. The average Bonchev–Trinajstić information content (AvgIpc) is 3.15. The van der Waals surface area contributed by atoms with Gasteiger partial charge in [0.1, 0.15) is 5.92 Å². The first kappa shape index (κ1) is 14.9. The Morgan fingerprint density at radius 3 is 2.74 bits per heavy atom. The first-order valence-electron chi connectivity index (χ1n) is 7.23. The maximum atomic E-state index is 11.7. The van der Waals surface area contributed by atoms with Crippen LogP contribution in [-0.2, 0) is 9.47 Å². The monoisotopic (exact) mass is 342 g/mol. The molecule has 9 nitrogen and oxygen atoms in total. The van der Waals surface area contributed by atoms with Gasteiger partial charge >= 0.3 is 0 Å². The third kappa shape index (κ3) is 1.95. The van der Waals surface area contributed by atoms with E-state index in [1.165, 1.54) is 11.3 Å². The number of fused-ring (bicyclic) bond motifs is 6. The summed E-state index contributed by atoms with van der Waals surface area (Å²) in [6.45, 7) is 0.115. The van der Waals surface area contributed by atoms with Crippen LogP contribution in [0.15, 0.2) is 17.5 Å². The molecule has 7 atom stereocenters. The van der Waals surface area contributed by atoms with E-state index in [1.54, 1.807) is 17.5 Å². The summed E-state index contributed by atoms with van der Waals surface area (Å²) in [5.41, 5.74) is -1.86. The van der Waals surface area contributed by atoms with E-state index >= 15 is 0 Å². The molecule has 1 aliphatic carbocycles.